The molecule has 0 amide bonds. The lowest BCUT2D eigenvalue weighted by Gasteiger charge is -2.42. The van der Waals surface area contributed by atoms with E-state index in [0.29, 0.717) is 38.8 Å². The number of benzene rings is 1. The summed E-state index contributed by atoms with van der Waals surface area (Å²) in [5.74, 6) is 1.07. The highest BCUT2D eigenvalue weighted by molar-refractivity contribution is 6.43. The van der Waals surface area contributed by atoms with Gasteiger partial charge in [-0.3, -0.25) is 0 Å². The van der Waals surface area contributed by atoms with Gasteiger partial charge in [-0.25, -0.2) is 14.5 Å². The largest absolute Gasteiger partial charge is 0.382 e. The van der Waals surface area contributed by atoms with Gasteiger partial charge in [0, 0.05) is 30.1 Å². The molecule has 2 aliphatic heterocycles. The molecule has 1 aromatic carbocycles. The molecule has 2 aromatic heterocycles. The average Bonchev–Trinajstić information content (AvgIpc) is 3.36. The first-order valence-corrected chi connectivity index (χ1v) is 11.2. The van der Waals surface area contributed by atoms with Crippen LogP contribution in [0.25, 0.3) is 16.9 Å². The highest BCUT2D eigenvalue weighted by atomic mass is 35.5. The number of halogens is 2. The summed E-state index contributed by atoms with van der Waals surface area (Å²) in [5, 5.41) is 8.75. The van der Waals surface area contributed by atoms with Crippen molar-refractivity contribution in [1.29, 1.82) is 0 Å². The number of anilines is 2. The van der Waals surface area contributed by atoms with Crippen LogP contribution < -0.4 is 16.0 Å². The SMILES string of the molecule is CN[C@@H]1[C@H](C)OCC12CCN(c1nc(N)c(-c3cccc(Cl)c3Cl)n3ncnc13)CC2. The zero-order valence-electron chi connectivity index (χ0n) is 17.5. The minimum absolute atomic E-state index is 0.147. The third-order valence-corrected chi connectivity index (χ3v) is 7.59. The third-order valence-electron chi connectivity index (χ3n) is 6.77. The van der Waals surface area contributed by atoms with E-state index in [1.54, 1.807) is 10.6 Å². The number of hydrogen-bond acceptors (Lipinski definition) is 7. The van der Waals surface area contributed by atoms with Crippen molar-refractivity contribution in [1.82, 2.24) is 24.9 Å². The van der Waals surface area contributed by atoms with E-state index in [2.05, 4.69) is 27.2 Å². The first kappa shape index (κ1) is 20.8. The van der Waals surface area contributed by atoms with Crippen LogP contribution in [0.2, 0.25) is 10.0 Å². The number of ether oxygens (including phenoxy) is 1. The van der Waals surface area contributed by atoms with Gasteiger partial charge in [0.15, 0.2) is 17.3 Å². The Balaban J connectivity index is 1.51. The number of aromatic nitrogens is 4. The molecule has 0 radical (unpaired) electrons. The summed E-state index contributed by atoms with van der Waals surface area (Å²) in [6.07, 6.45) is 3.74. The van der Waals surface area contributed by atoms with Crippen LogP contribution in [0.3, 0.4) is 0 Å². The lowest BCUT2D eigenvalue weighted by Crippen LogP contribution is -2.52. The monoisotopic (exact) mass is 461 g/mol. The lowest BCUT2D eigenvalue weighted by molar-refractivity contribution is 0.0972. The molecule has 164 valence electrons. The minimum atomic E-state index is 0.147. The number of rotatable bonds is 3. The molecule has 3 aromatic rings. The van der Waals surface area contributed by atoms with Crippen molar-refractivity contribution in [3.05, 3.63) is 34.6 Å². The Morgan fingerprint density at radius 1 is 1.26 bits per heavy atom. The highest BCUT2D eigenvalue weighted by Gasteiger charge is 2.49. The van der Waals surface area contributed by atoms with Gasteiger partial charge in [-0.15, -0.1) is 0 Å². The van der Waals surface area contributed by atoms with E-state index in [1.165, 1.54) is 6.33 Å². The second kappa shape index (κ2) is 7.78. The van der Waals surface area contributed by atoms with Gasteiger partial charge in [0.1, 0.15) is 12.0 Å². The Hall–Kier alpha value is -2.13. The van der Waals surface area contributed by atoms with E-state index in [4.69, 9.17) is 38.7 Å². The average molecular weight is 462 g/mol. The molecule has 4 heterocycles. The predicted octanol–water partition coefficient (Wildman–Crippen LogP) is 3.27. The molecule has 1 spiro atoms. The number of hydrogen-bond donors (Lipinski definition) is 2. The van der Waals surface area contributed by atoms with Crippen molar-refractivity contribution in [3.63, 3.8) is 0 Å². The molecule has 2 fully saturated rings. The molecular formula is C21H25Cl2N7O. The van der Waals surface area contributed by atoms with Crippen LogP contribution in [0.1, 0.15) is 19.8 Å². The Morgan fingerprint density at radius 2 is 2.03 bits per heavy atom. The summed E-state index contributed by atoms with van der Waals surface area (Å²) in [4.78, 5) is 11.5. The number of fused-ring (bicyclic) bond motifs is 1. The molecule has 8 nitrogen and oxygen atoms in total. The normalized spacial score (nSPS) is 23.2. The molecule has 10 heteroatoms. The zero-order chi connectivity index (χ0) is 21.8. The number of nitrogens with zero attached hydrogens (tertiary/aromatic N) is 5. The summed E-state index contributed by atoms with van der Waals surface area (Å²) >= 11 is 12.7. The van der Waals surface area contributed by atoms with Gasteiger partial charge in [-0.05, 0) is 32.9 Å². The van der Waals surface area contributed by atoms with Crippen molar-refractivity contribution in [3.8, 4) is 11.3 Å². The molecule has 31 heavy (non-hydrogen) atoms. The van der Waals surface area contributed by atoms with Gasteiger partial charge in [0.2, 0.25) is 0 Å². The van der Waals surface area contributed by atoms with E-state index in [9.17, 15) is 0 Å². The second-order valence-electron chi connectivity index (χ2n) is 8.40. The quantitative estimate of drug-likeness (QED) is 0.617. The molecule has 5 rings (SSSR count). The maximum Gasteiger partial charge on any atom is 0.199 e. The van der Waals surface area contributed by atoms with Crippen molar-refractivity contribution in [2.45, 2.75) is 31.9 Å². The van der Waals surface area contributed by atoms with Crippen molar-refractivity contribution in [2.24, 2.45) is 5.41 Å². The number of likely N-dealkylation sites (N-methyl/N-ethyl adjacent to an activating group) is 1. The van der Waals surface area contributed by atoms with E-state index in [0.717, 1.165) is 38.4 Å². The van der Waals surface area contributed by atoms with Gasteiger partial charge < -0.3 is 20.7 Å². The number of nitrogen functional groups attached to an aromatic ring is 1. The standard InChI is InChI=1S/C21H25Cl2N7O/c1-12-17(25-2)21(10-31-12)6-8-29(9-7-21)20-19-26-11-27-30(19)16(18(24)28-20)13-4-3-5-14(22)15(13)23/h3-5,11-12,17,25H,6-10,24H2,1-2H3/t12-,17+/m0/s1. The molecular weight excluding hydrogens is 437 g/mol. The zero-order valence-corrected chi connectivity index (χ0v) is 19.0. The molecule has 2 atom stereocenters. The highest BCUT2D eigenvalue weighted by Crippen LogP contribution is 2.43. The maximum atomic E-state index is 6.46. The van der Waals surface area contributed by atoms with E-state index < -0.39 is 0 Å². The maximum absolute atomic E-state index is 6.46. The number of nitrogens with one attached hydrogen (secondary N) is 1. The fourth-order valence-electron chi connectivity index (χ4n) is 5.18. The van der Waals surface area contributed by atoms with Gasteiger partial charge in [-0.2, -0.15) is 5.10 Å². The molecule has 2 aliphatic rings. The van der Waals surface area contributed by atoms with Crippen molar-refractivity contribution >= 4 is 40.5 Å². The van der Waals surface area contributed by atoms with Crippen LogP contribution >= 0.6 is 23.2 Å². The summed E-state index contributed by atoms with van der Waals surface area (Å²) in [6.45, 7) is 4.63. The van der Waals surface area contributed by atoms with E-state index in [-0.39, 0.29) is 11.5 Å². The van der Waals surface area contributed by atoms with E-state index in [1.807, 2.05) is 19.2 Å². The fraction of sp³-hybridized carbons (Fsp3) is 0.476. The Labute approximate surface area is 190 Å². The number of nitrogens with two attached hydrogens (primary N) is 1. The predicted molar refractivity (Wildman–Crippen MR) is 123 cm³/mol. The Bertz CT molecular complexity index is 1130. The van der Waals surface area contributed by atoms with Gasteiger partial charge in [0.05, 0.1) is 22.8 Å². The van der Waals surface area contributed by atoms with E-state index >= 15 is 0 Å². The molecule has 0 saturated carbocycles. The van der Waals surface area contributed by atoms with Crippen LogP contribution in [0.5, 0.6) is 0 Å². The van der Waals surface area contributed by atoms with Gasteiger partial charge in [-0.1, -0.05) is 35.3 Å². The van der Waals surface area contributed by atoms with Crippen LogP contribution in [-0.4, -0.2) is 58.5 Å². The molecule has 0 aliphatic carbocycles. The fourth-order valence-corrected chi connectivity index (χ4v) is 5.57. The van der Waals surface area contributed by atoms with Gasteiger partial charge >= 0.3 is 0 Å². The smallest absolute Gasteiger partial charge is 0.199 e. The van der Waals surface area contributed by atoms with Crippen LogP contribution in [0.4, 0.5) is 11.6 Å². The van der Waals surface area contributed by atoms with Crippen molar-refractivity contribution in [2.75, 3.05) is 37.4 Å². The second-order valence-corrected chi connectivity index (χ2v) is 9.18. The molecule has 0 unspecified atom stereocenters. The summed E-state index contributed by atoms with van der Waals surface area (Å²) in [7, 11) is 2.02. The Morgan fingerprint density at radius 3 is 2.77 bits per heavy atom. The Kier molecular flexibility index (Phi) is 5.21. The molecule has 0 bridgehead atoms. The van der Waals surface area contributed by atoms with Crippen LogP contribution in [0, 0.1) is 5.41 Å². The minimum Gasteiger partial charge on any atom is -0.382 e. The lowest BCUT2D eigenvalue weighted by atomic mass is 9.73. The molecule has 3 N–H and O–H groups in total. The first-order chi connectivity index (χ1) is 14.9. The van der Waals surface area contributed by atoms with Crippen molar-refractivity contribution < 1.29 is 4.74 Å². The van der Waals surface area contributed by atoms with Crippen LogP contribution in [-0.2, 0) is 4.74 Å². The first-order valence-electron chi connectivity index (χ1n) is 10.4. The third kappa shape index (κ3) is 3.24. The summed E-state index contributed by atoms with van der Waals surface area (Å²) in [5.41, 5.74) is 8.48. The van der Waals surface area contributed by atoms with Gasteiger partial charge in [0.25, 0.3) is 0 Å². The number of piperidine rings is 1. The topological polar surface area (TPSA) is 93.6 Å². The summed E-state index contributed by atoms with van der Waals surface area (Å²) in [6, 6.07) is 5.77. The molecule has 2 saturated heterocycles. The van der Waals surface area contributed by atoms with Crippen LogP contribution in [0.15, 0.2) is 24.5 Å². The summed E-state index contributed by atoms with van der Waals surface area (Å²) < 4.78 is 7.69.